The number of hydrogen-bond donors (Lipinski definition) is 1. The van der Waals surface area contributed by atoms with Crippen LogP contribution in [0.25, 0.3) is 10.8 Å². The average molecular weight is 354 g/mol. The molecule has 1 amide bonds. The molecule has 1 aromatic heterocycles. The highest BCUT2D eigenvalue weighted by atomic mass is 35.5. The Morgan fingerprint density at radius 3 is 2.54 bits per heavy atom. The standard InChI is InChI=1S/C16H20ClN3O4/c1-16(2,3)24-15(23)18-8-9-20-13(21)10-6-5-7-11(17)12(10)14(22)19(20)4/h5-7H,8-9H2,1-4H3,(H,18,23). The molecule has 8 heteroatoms. The summed E-state index contributed by atoms with van der Waals surface area (Å²) in [6.45, 7) is 5.55. The lowest BCUT2D eigenvalue weighted by Gasteiger charge is -2.20. The van der Waals surface area contributed by atoms with Crippen LogP contribution in [-0.4, -0.2) is 27.6 Å². The summed E-state index contributed by atoms with van der Waals surface area (Å²) in [5.41, 5.74) is -1.32. The van der Waals surface area contributed by atoms with Gasteiger partial charge in [0.15, 0.2) is 0 Å². The van der Waals surface area contributed by atoms with E-state index in [0.717, 1.165) is 0 Å². The van der Waals surface area contributed by atoms with Gasteiger partial charge in [-0.25, -0.2) is 9.48 Å². The number of nitrogens with zero attached hydrogens (tertiary/aromatic N) is 2. The second-order valence-corrected chi connectivity index (χ2v) is 6.76. The predicted molar refractivity (Wildman–Crippen MR) is 92.7 cm³/mol. The third-order valence-corrected chi connectivity index (χ3v) is 3.66. The number of ether oxygens (including phenoxy) is 1. The van der Waals surface area contributed by atoms with Crippen molar-refractivity contribution in [1.82, 2.24) is 14.7 Å². The first-order valence-corrected chi connectivity index (χ1v) is 7.85. The Balaban J connectivity index is 2.26. The van der Waals surface area contributed by atoms with E-state index < -0.39 is 11.7 Å². The van der Waals surface area contributed by atoms with Crippen molar-refractivity contribution >= 4 is 28.5 Å². The summed E-state index contributed by atoms with van der Waals surface area (Å²) in [6.07, 6.45) is -0.579. The Kier molecular flexibility index (Phi) is 5.03. The zero-order valence-corrected chi connectivity index (χ0v) is 14.8. The highest BCUT2D eigenvalue weighted by Crippen LogP contribution is 2.16. The zero-order valence-electron chi connectivity index (χ0n) is 14.1. The molecule has 130 valence electrons. The molecule has 1 aromatic carbocycles. The fraction of sp³-hybridized carbons (Fsp3) is 0.438. The molecular weight excluding hydrogens is 334 g/mol. The van der Waals surface area contributed by atoms with E-state index in [0.29, 0.717) is 0 Å². The van der Waals surface area contributed by atoms with Gasteiger partial charge in [0.1, 0.15) is 5.60 Å². The molecule has 0 bridgehead atoms. The van der Waals surface area contributed by atoms with Crippen molar-refractivity contribution in [2.24, 2.45) is 7.05 Å². The molecular formula is C16H20ClN3O4. The first-order valence-electron chi connectivity index (χ1n) is 7.47. The molecule has 0 radical (unpaired) electrons. The van der Waals surface area contributed by atoms with Crippen LogP contribution in [0.5, 0.6) is 0 Å². The van der Waals surface area contributed by atoms with Gasteiger partial charge in [-0.1, -0.05) is 17.7 Å². The zero-order chi connectivity index (χ0) is 18.1. The second kappa shape index (κ2) is 6.68. The van der Waals surface area contributed by atoms with Gasteiger partial charge >= 0.3 is 6.09 Å². The molecule has 0 saturated carbocycles. The van der Waals surface area contributed by atoms with Crippen molar-refractivity contribution in [1.29, 1.82) is 0 Å². The number of carbonyl (C=O) groups is 1. The first-order chi connectivity index (χ1) is 11.1. The van der Waals surface area contributed by atoms with E-state index in [1.807, 2.05) is 0 Å². The van der Waals surface area contributed by atoms with Crippen molar-refractivity contribution in [3.8, 4) is 0 Å². The normalized spacial score (nSPS) is 11.5. The minimum absolute atomic E-state index is 0.131. The molecule has 0 saturated heterocycles. The van der Waals surface area contributed by atoms with E-state index in [9.17, 15) is 14.4 Å². The van der Waals surface area contributed by atoms with Crippen LogP contribution in [0.4, 0.5) is 4.79 Å². The third-order valence-electron chi connectivity index (χ3n) is 3.34. The van der Waals surface area contributed by atoms with Crippen LogP contribution < -0.4 is 16.4 Å². The highest BCUT2D eigenvalue weighted by molar-refractivity contribution is 6.35. The quantitative estimate of drug-likeness (QED) is 0.913. The van der Waals surface area contributed by atoms with E-state index in [4.69, 9.17) is 16.3 Å². The number of alkyl carbamates (subject to hydrolysis) is 1. The van der Waals surface area contributed by atoms with Crippen LogP contribution in [-0.2, 0) is 18.3 Å². The van der Waals surface area contributed by atoms with Crippen molar-refractivity contribution < 1.29 is 9.53 Å². The Bertz CT molecular complexity index is 893. The maximum Gasteiger partial charge on any atom is 0.407 e. The van der Waals surface area contributed by atoms with Gasteiger partial charge in [0, 0.05) is 13.6 Å². The number of fused-ring (bicyclic) bond motifs is 1. The summed E-state index contributed by atoms with van der Waals surface area (Å²) < 4.78 is 7.59. The first kappa shape index (κ1) is 18.1. The number of amides is 1. The van der Waals surface area contributed by atoms with E-state index >= 15 is 0 Å². The summed E-state index contributed by atoms with van der Waals surface area (Å²) in [4.78, 5) is 36.6. The Morgan fingerprint density at radius 2 is 1.92 bits per heavy atom. The smallest absolute Gasteiger partial charge is 0.407 e. The van der Waals surface area contributed by atoms with Crippen LogP contribution in [0.3, 0.4) is 0 Å². The van der Waals surface area contributed by atoms with Gasteiger partial charge in [0.05, 0.1) is 22.3 Å². The number of halogens is 1. The predicted octanol–water partition coefficient (Wildman–Crippen LogP) is 1.88. The molecule has 2 rings (SSSR count). The van der Waals surface area contributed by atoms with Gasteiger partial charge in [-0.3, -0.25) is 14.3 Å². The number of benzene rings is 1. The minimum Gasteiger partial charge on any atom is -0.444 e. The monoisotopic (exact) mass is 353 g/mol. The molecule has 0 atom stereocenters. The van der Waals surface area contributed by atoms with Gasteiger partial charge in [0.25, 0.3) is 11.1 Å². The van der Waals surface area contributed by atoms with Gasteiger partial charge in [-0.15, -0.1) is 0 Å². The molecule has 0 aliphatic carbocycles. The maximum absolute atomic E-state index is 12.6. The average Bonchev–Trinajstić information content (AvgIpc) is 2.46. The fourth-order valence-electron chi connectivity index (χ4n) is 2.30. The summed E-state index contributed by atoms with van der Waals surface area (Å²) in [5.74, 6) is 0. The van der Waals surface area contributed by atoms with Crippen molar-refractivity contribution in [2.45, 2.75) is 32.9 Å². The lowest BCUT2D eigenvalue weighted by molar-refractivity contribution is 0.0525. The number of nitrogens with one attached hydrogen (secondary N) is 1. The summed E-state index contributed by atoms with van der Waals surface area (Å²) in [7, 11) is 1.49. The molecule has 1 heterocycles. The van der Waals surface area contributed by atoms with Crippen LogP contribution in [0.2, 0.25) is 5.02 Å². The molecule has 7 nitrogen and oxygen atoms in total. The van der Waals surface area contributed by atoms with Gasteiger partial charge in [-0.2, -0.15) is 0 Å². The van der Waals surface area contributed by atoms with E-state index in [1.54, 1.807) is 39.0 Å². The summed E-state index contributed by atoms with van der Waals surface area (Å²) in [6, 6.07) is 4.75. The largest absolute Gasteiger partial charge is 0.444 e. The van der Waals surface area contributed by atoms with Crippen LogP contribution >= 0.6 is 11.6 Å². The number of hydrogen-bond acceptors (Lipinski definition) is 4. The highest BCUT2D eigenvalue weighted by Gasteiger charge is 2.16. The molecule has 24 heavy (non-hydrogen) atoms. The fourth-order valence-corrected chi connectivity index (χ4v) is 2.55. The SMILES string of the molecule is Cn1c(=O)c2c(Cl)cccc2c(=O)n1CCNC(=O)OC(C)(C)C. The maximum atomic E-state index is 12.6. The molecule has 2 aromatic rings. The second-order valence-electron chi connectivity index (χ2n) is 6.35. The third kappa shape index (κ3) is 3.79. The van der Waals surface area contributed by atoms with Crippen molar-refractivity contribution in [2.75, 3.05) is 6.54 Å². The molecule has 0 spiro atoms. The van der Waals surface area contributed by atoms with E-state index in [2.05, 4.69) is 5.32 Å². The number of rotatable bonds is 3. The number of carbonyl (C=O) groups excluding carboxylic acids is 1. The van der Waals surface area contributed by atoms with Gasteiger partial charge in [-0.05, 0) is 32.9 Å². The lowest BCUT2D eigenvalue weighted by Crippen LogP contribution is -2.41. The summed E-state index contributed by atoms with van der Waals surface area (Å²) >= 11 is 6.03. The molecule has 0 aliphatic rings. The van der Waals surface area contributed by atoms with Crippen LogP contribution in [0.15, 0.2) is 27.8 Å². The van der Waals surface area contributed by atoms with Crippen LogP contribution in [0, 0.1) is 0 Å². The number of aromatic nitrogens is 2. The Hall–Kier alpha value is -2.28. The molecule has 0 fully saturated rings. The van der Waals surface area contributed by atoms with Crippen molar-refractivity contribution in [3.63, 3.8) is 0 Å². The lowest BCUT2D eigenvalue weighted by atomic mass is 10.2. The Morgan fingerprint density at radius 1 is 1.25 bits per heavy atom. The van der Waals surface area contributed by atoms with E-state index in [1.165, 1.54) is 16.4 Å². The molecule has 1 N–H and O–H groups in total. The molecule has 0 aliphatic heterocycles. The Labute approximate surface area is 143 Å². The van der Waals surface area contributed by atoms with Crippen molar-refractivity contribution in [3.05, 3.63) is 43.9 Å². The molecule has 0 unspecified atom stereocenters. The van der Waals surface area contributed by atoms with Gasteiger partial charge in [0.2, 0.25) is 0 Å². The summed E-state index contributed by atoms with van der Waals surface area (Å²) in [5, 5.41) is 3.25. The van der Waals surface area contributed by atoms with Gasteiger partial charge < -0.3 is 10.1 Å². The van der Waals surface area contributed by atoms with E-state index in [-0.39, 0.29) is 40.0 Å². The minimum atomic E-state index is -0.604. The topological polar surface area (TPSA) is 82.3 Å². The van der Waals surface area contributed by atoms with Crippen LogP contribution in [0.1, 0.15) is 20.8 Å².